The molecular formula is C15H22O3. The summed E-state index contributed by atoms with van der Waals surface area (Å²) in [7, 11) is 0. The van der Waals surface area contributed by atoms with Crippen molar-refractivity contribution < 1.29 is 14.9 Å². The quantitative estimate of drug-likeness (QED) is 0.729. The zero-order chi connectivity index (χ0) is 13.4. The molecule has 0 aliphatic rings. The van der Waals surface area contributed by atoms with Gasteiger partial charge in [-0.2, -0.15) is 0 Å². The fraction of sp³-hybridized carbons (Fsp3) is 0.467. The molecule has 0 bridgehead atoms. The molecule has 0 aliphatic heterocycles. The van der Waals surface area contributed by atoms with Gasteiger partial charge >= 0.3 is 0 Å². The highest BCUT2D eigenvalue weighted by atomic mass is 16.5. The molecule has 1 aromatic carbocycles. The van der Waals surface area contributed by atoms with Gasteiger partial charge in [0.05, 0.1) is 25.4 Å². The maximum absolute atomic E-state index is 9.87. The van der Waals surface area contributed by atoms with Crippen LogP contribution in [0.1, 0.15) is 19.4 Å². The van der Waals surface area contributed by atoms with Gasteiger partial charge in [-0.1, -0.05) is 49.4 Å². The molecule has 0 saturated carbocycles. The number of ether oxygens (including phenoxy) is 1. The van der Waals surface area contributed by atoms with Gasteiger partial charge in [-0.05, 0) is 12.5 Å². The lowest BCUT2D eigenvalue weighted by Crippen LogP contribution is -2.31. The number of hydrogen-bond acceptors (Lipinski definition) is 3. The van der Waals surface area contributed by atoms with Gasteiger partial charge in [0.25, 0.3) is 0 Å². The predicted octanol–water partition coefficient (Wildman–Crippen LogP) is 2.14. The Hall–Kier alpha value is -1.16. The lowest BCUT2D eigenvalue weighted by molar-refractivity contribution is -0.0246. The van der Waals surface area contributed by atoms with Crippen LogP contribution in [0.25, 0.3) is 0 Å². The van der Waals surface area contributed by atoms with E-state index in [0.717, 1.165) is 5.56 Å². The molecule has 0 aromatic heterocycles. The van der Waals surface area contributed by atoms with Crippen molar-refractivity contribution in [3.05, 3.63) is 48.0 Å². The summed E-state index contributed by atoms with van der Waals surface area (Å²) in [5.41, 5.74) is 1.08. The van der Waals surface area contributed by atoms with Crippen LogP contribution in [0.4, 0.5) is 0 Å². The Morgan fingerprint density at radius 1 is 1.22 bits per heavy atom. The average molecular weight is 250 g/mol. The molecule has 1 rings (SSSR count). The molecule has 3 heteroatoms. The maximum Gasteiger partial charge on any atom is 0.0827 e. The smallest absolute Gasteiger partial charge is 0.0827 e. The second-order valence-electron chi connectivity index (χ2n) is 4.44. The molecule has 18 heavy (non-hydrogen) atoms. The van der Waals surface area contributed by atoms with Crippen molar-refractivity contribution in [2.45, 2.75) is 32.7 Å². The van der Waals surface area contributed by atoms with Gasteiger partial charge < -0.3 is 14.9 Å². The van der Waals surface area contributed by atoms with Gasteiger partial charge in [0.15, 0.2) is 0 Å². The molecule has 0 amide bonds. The first kappa shape index (κ1) is 14.9. The van der Waals surface area contributed by atoms with E-state index in [2.05, 4.69) is 0 Å². The van der Waals surface area contributed by atoms with Gasteiger partial charge in [0.2, 0.25) is 0 Å². The monoisotopic (exact) mass is 250 g/mol. The standard InChI is InChI=1S/C15H22O3/c1-3-7-14(16)12(2)15(17)11-18-10-13-8-5-4-6-9-13/h3-9,12,14-17H,10-11H2,1-2H3/b7-3+/t12-,14+,15-/m0/s1. The van der Waals surface area contributed by atoms with E-state index in [4.69, 9.17) is 4.74 Å². The van der Waals surface area contributed by atoms with Crippen molar-refractivity contribution in [1.29, 1.82) is 0 Å². The van der Waals surface area contributed by atoms with E-state index in [0.29, 0.717) is 6.61 Å². The van der Waals surface area contributed by atoms with Crippen LogP contribution in [0.2, 0.25) is 0 Å². The summed E-state index contributed by atoms with van der Waals surface area (Å²) in [6, 6.07) is 9.81. The van der Waals surface area contributed by atoms with Crippen LogP contribution in [-0.2, 0) is 11.3 Å². The third-order valence-electron chi connectivity index (χ3n) is 2.94. The minimum atomic E-state index is -0.667. The highest BCUT2D eigenvalue weighted by Gasteiger charge is 2.20. The molecule has 2 N–H and O–H groups in total. The first-order valence-corrected chi connectivity index (χ1v) is 6.25. The van der Waals surface area contributed by atoms with Crippen LogP contribution in [0, 0.1) is 5.92 Å². The average Bonchev–Trinajstić information content (AvgIpc) is 2.39. The topological polar surface area (TPSA) is 49.7 Å². The lowest BCUT2D eigenvalue weighted by Gasteiger charge is -2.21. The molecule has 1 aromatic rings. The third kappa shape index (κ3) is 5.00. The largest absolute Gasteiger partial charge is 0.390 e. The van der Waals surface area contributed by atoms with Crippen molar-refractivity contribution in [1.82, 2.24) is 0 Å². The van der Waals surface area contributed by atoms with Crippen LogP contribution in [0.15, 0.2) is 42.5 Å². The van der Waals surface area contributed by atoms with Crippen molar-refractivity contribution in [2.75, 3.05) is 6.61 Å². The minimum Gasteiger partial charge on any atom is -0.390 e. The van der Waals surface area contributed by atoms with Crippen LogP contribution >= 0.6 is 0 Å². The summed E-state index contributed by atoms with van der Waals surface area (Å²) >= 11 is 0. The summed E-state index contributed by atoms with van der Waals surface area (Å²) in [4.78, 5) is 0. The van der Waals surface area contributed by atoms with Crippen LogP contribution < -0.4 is 0 Å². The Morgan fingerprint density at radius 2 is 1.89 bits per heavy atom. The molecule has 0 saturated heterocycles. The Bertz CT molecular complexity index is 348. The molecule has 0 fully saturated rings. The van der Waals surface area contributed by atoms with E-state index in [-0.39, 0.29) is 12.5 Å². The fourth-order valence-electron chi connectivity index (χ4n) is 1.62. The highest BCUT2D eigenvalue weighted by molar-refractivity contribution is 5.13. The molecule has 0 radical (unpaired) electrons. The van der Waals surface area contributed by atoms with Crippen molar-refractivity contribution in [3.8, 4) is 0 Å². The van der Waals surface area contributed by atoms with Crippen LogP contribution in [0.3, 0.4) is 0 Å². The van der Waals surface area contributed by atoms with Gasteiger partial charge in [0.1, 0.15) is 0 Å². The summed E-state index contributed by atoms with van der Waals surface area (Å²) in [5, 5.41) is 19.6. The normalized spacial score (nSPS) is 16.7. The van der Waals surface area contributed by atoms with Crippen molar-refractivity contribution in [2.24, 2.45) is 5.92 Å². The number of aliphatic hydroxyl groups excluding tert-OH is 2. The summed E-state index contributed by atoms with van der Waals surface area (Å²) in [6.07, 6.45) is 2.15. The van der Waals surface area contributed by atoms with Gasteiger partial charge in [0, 0.05) is 5.92 Å². The third-order valence-corrected chi connectivity index (χ3v) is 2.94. The van der Waals surface area contributed by atoms with E-state index in [1.165, 1.54) is 0 Å². The Labute approximate surface area is 109 Å². The van der Waals surface area contributed by atoms with Crippen LogP contribution in [0.5, 0.6) is 0 Å². The Kier molecular flexibility index (Phi) is 6.65. The molecule has 0 aliphatic carbocycles. The zero-order valence-corrected chi connectivity index (χ0v) is 11.0. The van der Waals surface area contributed by atoms with E-state index < -0.39 is 12.2 Å². The number of hydrogen-bond donors (Lipinski definition) is 2. The molecule has 3 atom stereocenters. The molecule has 0 spiro atoms. The van der Waals surface area contributed by atoms with Crippen molar-refractivity contribution >= 4 is 0 Å². The number of rotatable bonds is 7. The second kappa shape index (κ2) is 8.03. The van der Waals surface area contributed by atoms with E-state index in [9.17, 15) is 10.2 Å². The minimum absolute atomic E-state index is 0.227. The molecule has 3 nitrogen and oxygen atoms in total. The SMILES string of the molecule is C/C=C/[C@@H](O)[C@H](C)[C@@H](O)COCc1ccccc1. The molecule has 100 valence electrons. The second-order valence-corrected chi connectivity index (χ2v) is 4.44. The fourth-order valence-corrected chi connectivity index (χ4v) is 1.62. The summed E-state index contributed by atoms with van der Waals surface area (Å²) in [6.45, 7) is 4.35. The van der Waals surface area contributed by atoms with E-state index in [1.54, 1.807) is 19.1 Å². The first-order valence-electron chi connectivity index (χ1n) is 6.25. The van der Waals surface area contributed by atoms with Gasteiger partial charge in [-0.3, -0.25) is 0 Å². The number of aliphatic hydroxyl groups is 2. The van der Waals surface area contributed by atoms with Crippen LogP contribution in [-0.4, -0.2) is 29.0 Å². The van der Waals surface area contributed by atoms with Gasteiger partial charge in [-0.15, -0.1) is 0 Å². The summed E-state index contributed by atoms with van der Waals surface area (Å²) < 4.78 is 5.45. The van der Waals surface area contributed by atoms with Crippen molar-refractivity contribution in [3.63, 3.8) is 0 Å². The number of benzene rings is 1. The Balaban J connectivity index is 2.30. The lowest BCUT2D eigenvalue weighted by atomic mass is 9.98. The summed E-state index contributed by atoms with van der Waals surface area (Å²) in [5.74, 6) is -0.239. The first-order chi connectivity index (χ1) is 8.65. The maximum atomic E-state index is 9.87. The highest BCUT2D eigenvalue weighted by Crippen LogP contribution is 2.11. The number of allylic oxidation sites excluding steroid dienone is 1. The molecule has 0 heterocycles. The molecule has 0 unspecified atom stereocenters. The van der Waals surface area contributed by atoms with E-state index >= 15 is 0 Å². The van der Waals surface area contributed by atoms with E-state index in [1.807, 2.05) is 37.3 Å². The van der Waals surface area contributed by atoms with Gasteiger partial charge in [-0.25, -0.2) is 0 Å². The molecular weight excluding hydrogens is 228 g/mol. The predicted molar refractivity (Wildman–Crippen MR) is 72.1 cm³/mol. The Morgan fingerprint density at radius 3 is 2.50 bits per heavy atom. The zero-order valence-electron chi connectivity index (χ0n) is 11.0.